The van der Waals surface area contributed by atoms with Crippen LogP contribution in [-0.2, 0) is 9.84 Å². The lowest BCUT2D eigenvalue weighted by molar-refractivity contribution is 0.595. The van der Waals surface area contributed by atoms with Crippen molar-refractivity contribution in [2.45, 2.75) is 6.42 Å². The molecule has 0 bridgehead atoms. The smallest absolute Gasteiger partial charge is 0.150 e. The number of hydrogen-bond donors (Lipinski definition) is 2. The van der Waals surface area contributed by atoms with Gasteiger partial charge in [-0.05, 0) is 12.3 Å². The van der Waals surface area contributed by atoms with E-state index < -0.39 is 9.84 Å². The van der Waals surface area contributed by atoms with E-state index in [9.17, 15) is 8.42 Å². The van der Waals surface area contributed by atoms with Crippen molar-refractivity contribution in [2.75, 3.05) is 29.1 Å². The molecule has 1 aromatic rings. The SMILES string of the molecule is Nc1cnc(NCC2CCS(=O)(=O)C2)cn1. The van der Waals surface area contributed by atoms with Crippen molar-refractivity contribution in [2.24, 2.45) is 5.92 Å². The lowest BCUT2D eigenvalue weighted by Crippen LogP contribution is -2.16. The molecule has 7 heteroatoms. The second-order valence-electron chi connectivity index (χ2n) is 3.98. The summed E-state index contributed by atoms with van der Waals surface area (Å²) in [6, 6.07) is 0. The van der Waals surface area contributed by atoms with Gasteiger partial charge in [-0.1, -0.05) is 0 Å². The Kier molecular flexibility index (Phi) is 2.95. The van der Waals surface area contributed by atoms with Crippen LogP contribution < -0.4 is 11.1 Å². The number of nitrogens with one attached hydrogen (secondary N) is 1. The molecule has 88 valence electrons. The summed E-state index contributed by atoms with van der Waals surface area (Å²) in [4.78, 5) is 7.92. The Balaban J connectivity index is 1.87. The first-order valence-electron chi connectivity index (χ1n) is 5.07. The molecule has 1 atom stereocenters. The molecular formula is C9H14N4O2S. The van der Waals surface area contributed by atoms with E-state index in [4.69, 9.17) is 5.73 Å². The summed E-state index contributed by atoms with van der Waals surface area (Å²) in [5, 5.41) is 3.06. The first kappa shape index (κ1) is 11.1. The number of anilines is 2. The lowest BCUT2D eigenvalue weighted by Gasteiger charge is -2.09. The third-order valence-corrected chi connectivity index (χ3v) is 4.41. The Bertz CT molecular complexity index is 457. The number of sulfone groups is 1. The summed E-state index contributed by atoms with van der Waals surface area (Å²) < 4.78 is 22.4. The minimum Gasteiger partial charge on any atom is -0.382 e. The summed E-state index contributed by atoms with van der Waals surface area (Å²) in [6.07, 6.45) is 3.73. The van der Waals surface area contributed by atoms with Gasteiger partial charge in [-0.3, -0.25) is 0 Å². The third-order valence-electron chi connectivity index (χ3n) is 2.57. The standard InChI is InChI=1S/C9H14N4O2S/c10-8-4-13-9(5-11-8)12-3-7-1-2-16(14,15)6-7/h4-5,7H,1-3,6H2,(H2,10,11)(H,12,13). The molecule has 0 aliphatic carbocycles. The van der Waals surface area contributed by atoms with Crippen LogP contribution in [0.15, 0.2) is 12.4 Å². The van der Waals surface area contributed by atoms with Crippen LogP contribution in [0.3, 0.4) is 0 Å². The van der Waals surface area contributed by atoms with Crippen molar-refractivity contribution >= 4 is 21.5 Å². The molecule has 0 spiro atoms. The van der Waals surface area contributed by atoms with E-state index in [0.717, 1.165) is 6.42 Å². The van der Waals surface area contributed by atoms with Crippen molar-refractivity contribution in [3.8, 4) is 0 Å². The molecule has 1 fully saturated rings. The van der Waals surface area contributed by atoms with E-state index in [1.165, 1.54) is 6.20 Å². The first-order chi connectivity index (χ1) is 7.55. The van der Waals surface area contributed by atoms with Crippen molar-refractivity contribution in [3.63, 3.8) is 0 Å². The predicted molar refractivity (Wildman–Crippen MR) is 61.7 cm³/mol. The Morgan fingerprint density at radius 2 is 2.25 bits per heavy atom. The Morgan fingerprint density at radius 3 is 2.81 bits per heavy atom. The molecule has 2 rings (SSSR count). The highest BCUT2D eigenvalue weighted by Gasteiger charge is 2.27. The zero-order valence-corrected chi connectivity index (χ0v) is 9.57. The average Bonchev–Trinajstić information content (AvgIpc) is 2.58. The zero-order chi connectivity index (χ0) is 11.6. The van der Waals surface area contributed by atoms with Gasteiger partial charge < -0.3 is 11.1 Å². The fourth-order valence-corrected chi connectivity index (χ4v) is 3.57. The largest absolute Gasteiger partial charge is 0.382 e. The van der Waals surface area contributed by atoms with Crippen molar-refractivity contribution in [3.05, 3.63) is 12.4 Å². The highest BCUT2D eigenvalue weighted by molar-refractivity contribution is 7.91. The zero-order valence-electron chi connectivity index (χ0n) is 8.76. The minimum atomic E-state index is -2.80. The van der Waals surface area contributed by atoms with E-state index in [1.54, 1.807) is 6.20 Å². The molecule has 3 N–H and O–H groups in total. The minimum absolute atomic E-state index is 0.171. The van der Waals surface area contributed by atoms with Gasteiger partial charge >= 0.3 is 0 Å². The molecule has 0 saturated carbocycles. The second kappa shape index (κ2) is 4.25. The van der Waals surface area contributed by atoms with Gasteiger partial charge in [0.1, 0.15) is 11.6 Å². The van der Waals surface area contributed by atoms with Gasteiger partial charge in [-0.25, -0.2) is 18.4 Å². The molecule has 1 unspecified atom stereocenters. The maximum atomic E-state index is 11.2. The summed E-state index contributed by atoms with van der Waals surface area (Å²) in [5.41, 5.74) is 5.40. The van der Waals surface area contributed by atoms with Crippen LogP contribution in [0, 0.1) is 5.92 Å². The number of aromatic nitrogens is 2. The maximum absolute atomic E-state index is 11.2. The number of rotatable bonds is 3. The Morgan fingerprint density at radius 1 is 1.44 bits per heavy atom. The van der Waals surface area contributed by atoms with Crippen molar-refractivity contribution < 1.29 is 8.42 Å². The highest BCUT2D eigenvalue weighted by Crippen LogP contribution is 2.18. The summed E-state index contributed by atoms with van der Waals surface area (Å²) in [6.45, 7) is 0.609. The molecule has 1 aromatic heterocycles. The van der Waals surface area contributed by atoms with E-state index in [2.05, 4.69) is 15.3 Å². The Hall–Kier alpha value is -1.37. The van der Waals surface area contributed by atoms with E-state index in [1.807, 2.05) is 0 Å². The fraction of sp³-hybridized carbons (Fsp3) is 0.556. The van der Waals surface area contributed by atoms with Crippen LogP contribution >= 0.6 is 0 Å². The van der Waals surface area contributed by atoms with Crippen LogP contribution in [0.1, 0.15) is 6.42 Å². The molecule has 16 heavy (non-hydrogen) atoms. The van der Waals surface area contributed by atoms with Crippen LogP contribution in [0.2, 0.25) is 0 Å². The monoisotopic (exact) mass is 242 g/mol. The van der Waals surface area contributed by atoms with Gasteiger partial charge in [0.15, 0.2) is 9.84 Å². The fourth-order valence-electron chi connectivity index (χ4n) is 1.71. The molecule has 2 heterocycles. The van der Waals surface area contributed by atoms with Crippen molar-refractivity contribution in [1.29, 1.82) is 0 Å². The van der Waals surface area contributed by atoms with Crippen LogP contribution in [0.4, 0.5) is 11.6 Å². The van der Waals surface area contributed by atoms with Gasteiger partial charge in [0, 0.05) is 6.54 Å². The maximum Gasteiger partial charge on any atom is 0.150 e. The quantitative estimate of drug-likeness (QED) is 0.768. The normalized spacial score (nSPS) is 23.1. The van der Waals surface area contributed by atoms with Gasteiger partial charge in [-0.15, -0.1) is 0 Å². The lowest BCUT2D eigenvalue weighted by atomic mass is 10.1. The number of nitrogen functional groups attached to an aromatic ring is 1. The number of nitrogens with zero attached hydrogens (tertiary/aromatic N) is 2. The second-order valence-corrected chi connectivity index (χ2v) is 6.21. The molecule has 6 nitrogen and oxygen atoms in total. The van der Waals surface area contributed by atoms with E-state index in [-0.39, 0.29) is 11.7 Å². The molecule has 0 radical (unpaired) electrons. The predicted octanol–water partition coefficient (Wildman–Crippen LogP) is -0.0946. The van der Waals surface area contributed by atoms with E-state index in [0.29, 0.717) is 23.9 Å². The first-order valence-corrected chi connectivity index (χ1v) is 6.89. The number of hydrogen-bond acceptors (Lipinski definition) is 6. The molecule has 0 amide bonds. The summed E-state index contributed by atoms with van der Waals surface area (Å²) >= 11 is 0. The van der Waals surface area contributed by atoms with Crippen LogP contribution in [-0.4, -0.2) is 36.4 Å². The van der Waals surface area contributed by atoms with Gasteiger partial charge in [0.2, 0.25) is 0 Å². The van der Waals surface area contributed by atoms with Gasteiger partial charge in [-0.2, -0.15) is 0 Å². The van der Waals surface area contributed by atoms with E-state index >= 15 is 0 Å². The van der Waals surface area contributed by atoms with Crippen LogP contribution in [0.25, 0.3) is 0 Å². The highest BCUT2D eigenvalue weighted by atomic mass is 32.2. The van der Waals surface area contributed by atoms with Crippen LogP contribution in [0.5, 0.6) is 0 Å². The molecule has 1 saturated heterocycles. The third kappa shape index (κ3) is 2.82. The Labute approximate surface area is 94.2 Å². The molecule has 0 aromatic carbocycles. The van der Waals surface area contributed by atoms with Crippen molar-refractivity contribution in [1.82, 2.24) is 9.97 Å². The molecule has 1 aliphatic heterocycles. The topological polar surface area (TPSA) is 98.0 Å². The van der Waals surface area contributed by atoms with Gasteiger partial charge in [0.25, 0.3) is 0 Å². The summed E-state index contributed by atoms with van der Waals surface area (Å²) in [7, 11) is -2.80. The molecular weight excluding hydrogens is 228 g/mol. The molecule has 1 aliphatic rings. The summed E-state index contributed by atoms with van der Waals surface area (Å²) in [5.74, 6) is 1.73. The average molecular weight is 242 g/mol. The number of nitrogens with two attached hydrogens (primary N) is 1. The van der Waals surface area contributed by atoms with Gasteiger partial charge in [0.05, 0.1) is 23.9 Å².